The highest BCUT2D eigenvalue weighted by Crippen LogP contribution is 2.26. The number of rotatable bonds is 5. The molecule has 0 aliphatic heterocycles. The molecule has 0 aliphatic carbocycles. The summed E-state index contributed by atoms with van der Waals surface area (Å²) in [6.07, 6.45) is 3.50. The van der Waals surface area contributed by atoms with Crippen LogP contribution in [-0.2, 0) is 6.42 Å². The largest absolute Gasteiger partial charge is 0.459 e. The molecule has 0 fully saturated rings. The molecule has 0 saturated heterocycles. The number of hydrogen-bond donors (Lipinski definition) is 2. The average Bonchev–Trinajstić information content (AvgIpc) is 2.92. The van der Waals surface area contributed by atoms with Crippen molar-refractivity contribution in [2.24, 2.45) is 5.84 Å². The van der Waals surface area contributed by atoms with Gasteiger partial charge in [0.1, 0.15) is 11.3 Å². The predicted molar refractivity (Wildman–Crippen MR) is 83.6 cm³/mol. The van der Waals surface area contributed by atoms with Gasteiger partial charge in [0.05, 0.1) is 6.04 Å². The molecule has 4 heteroatoms. The predicted octanol–water partition coefficient (Wildman–Crippen LogP) is 3.27. The zero-order chi connectivity index (χ0) is 14.7. The fourth-order valence-corrected chi connectivity index (χ4v) is 2.50. The minimum absolute atomic E-state index is 0.0142. The van der Waals surface area contributed by atoms with Crippen LogP contribution in [0.15, 0.2) is 53.1 Å². The third-order valence-electron chi connectivity index (χ3n) is 3.65. The van der Waals surface area contributed by atoms with E-state index >= 15 is 0 Å². The highest BCUT2D eigenvalue weighted by Gasteiger charge is 2.15. The van der Waals surface area contributed by atoms with Crippen LogP contribution in [0.3, 0.4) is 0 Å². The Kier molecular flexibility index (Phi) is 3.99. The Morgan fingerprint density at radius 1 is 1.24 bits per heavy atom. The van der Waals surface area contributed by atoms with Crippen molar-refractivity contribution in [2.45, 2.75) is 25.8 Å². The minimum Gasteiger partial charge on any atom is -0.459 e. The third kappa shape index (κ3) is 3.12. The maximum absolute atomic E-state index is 5.90. The third-order valence-corrected chi connectivity index (χ3v) is 3.65. The first-order valence-corrected chi connectivity index (χ1v) is 7.12. The second-order valence-corrected chi connectivity index (χ2v) is 5.27. The summed E-state index contributed by atoms with van der Waals surface area (Å²) in [6.45, 7) is 2.08. The van der Waals surface area contributed by atoms with Crippen LogP contribution in [0, 0.1) is 6.92 Å². The molecule has 3 N–H and O–H groups in total. The van der Waals surface area contributed by atoms with E-state index < -0.39 is 0 Å². The van der Waals surface area contributed by atoms with Gasteiger partial charge < -0.3 is 4.42 Å². The number of nitrogens with two attached hydrogens (primary N) is 1. The van der Waals surface area contributed by atoms with Crippen molar-refractivity contribution in [3.63, 3.8) is 0 Å². The van der Waals surface area contributed by atoms with Gasteiger partial charge in [-0.3, -0.25) is 10.8 Å². The van der Waals surface area contributed by atoms with E-state index in [-0.39, 0.29) is 6.04 Å². The SMILES string of the molecule is Cc1ccc2oc(C(CCc3ccccn3)NN)cc2c1. The number of benzene rings is 1. The molecule has 0 bridgehead atoms. The molecule has 1 unspecified atom stereocenters. The molecule has 0 spiro atoms. The number of aryl methyl sites for hydroxylation is 2. The molecule has 4 nitrogen and oxygen atoms in total. The standard InChI is InChI=1S/C17H19N3O/c1-12-5-8-16-13(10-12)11-17(21-16)15(20-18)7-6-14-4-2-3-9-19-14/h2-5,8-11,15,20H,6-7,18H2,1H3. The number of pyridine rings is 1. The van der Waals surface area contributed by atoms with E-state index in [1.807, 2.05) is 36.5 Å². The number of hydrogen-bond acceptors (Lipinski definition) is 4. The lowest BCUT2D eigenvalue weighted by Gasteiger charge is -2.12. The van der Waals surface area contributed by atoms with Crippen LogP contribution in [0.4, 0.5) is 0 Å². The second kappa shape index (κ2) is 6.08. The van der Waals surface area contributed by atoms with Crippen molar-refractivity contribution in [2.75, 3.05) is 0 Å². The number of furan rings is 1. The maximum Gasteiger partial charge on any atom is 0.134 e. The zero-order valence-corrected chi connectivity index (χ0v) is 12.0. The summed E-state index contributed by atoms with van der Waals surface area (Å²) in [7, 11) is 0. The van der Waals surface area contributed by atoms with E-state index in [4.69, 9.17) is 10.3 Å². The summed E-state index contributed by atoms with van der Waals surface area (Å²) >= 11 is 0. The minimum atomic E-state index is -0.0142. The van der Waals surface area contributed by atoms with Crippen molar-refractivity contribution >= 4 is 11.0 Å². The summed E-state index contributed by atoms with van der Waals surface area (Å²) in [5.74, 6) is 6.56. The van der Waals surface area contributed by atoms with E-state index in [2.05, 4.69) is 29.5 Å². The first-order valence-electron chi connectivity index (χ1n) is 7.12. The first-order chi connectivity index (χ1) is 10.3. The number of hydrazine groups is 1. The average molecular weight is 281 g/mol. The van der Waals surface area contributed by atoms with Crippen molar-refractivity contribution in [1.82, 2.24) is 10.4 Å². The van der Waals surface area contributed by atoms with Crippen LogP contribution < -0.4 is 11.3 Å². The lowest BCUT2D eigenvalue weighted by atomic mass is 10.1. The molecule has 0 radical (unpaired) electrons. The maximum atomic E-state index is 5.90. The fourth-order valence-electron chi connectivity index (χ4n) is 2.50. The Bertz CT molecular complexity index is 721. The molecule has 0 amide bonds. The molecule has 3 aromatic rings. The van der Waals surface area contributed by atoms with E-state index in [9.17, 15) is 0 Å². The van der Waals surface area contributed by atoms with E-state index in [1.165, 1.54) is 5.56 Å². The Balaban J connectivity index is 1.78. The Morgan fingerprint density at radius 2 is 2.14 bits per heavy atom. The zero-order valence-electron chi connectivity index (χ0n) is 12.0. The van der Waals surface area contributed by atoms with Gasteiger partial charge >= 0.3 is 0 Å². The van der Waals surface area contributed by atoms with Crippen LogP contribution >= 0.6 is 0 Å². The van der Waals surface area contributed by atoms with Gasteiger partial charge in [-0.05, 0) is 50.1 Å². The van der Waals surface area contributed by atoms with Crippen LogP contribution in [-0.4, -0.2) is 4.98 Å². The van der Waals surface area contributed by atoms with Gasteiger partial charge in [-0.15, -0.1) is 0 Å². The Morgan fingerprint density at radius 3 is 2.90 bits per heavy atom. The monoisotopic (exact) mass is 281 g/mol. The summed E-state index contributed by atoms with van der Waals surface area (Å²) in [5.41, 5.74) is 6.02. The van der Waals surface area contributed by atoms with Gasteiger partial charge in [0, 0.05) is 17.3 Å². The fraction of sp³-hybridized carbons (Fsp3) is 0.235. The molecule has 3 rings (SSSR count). The van der Waals surface area contributed by atoms with E-state index in [1.54, 1.807) is 0 Å². The van der Waals surface area contributed by atoms with Gasteiger partial charge in [-0.2, -0.15) is 0 Å². The van der Waals surface area contributed by atoms with Crippen LogP contribution in [0.25, 0.3) is 11.0 Å². The molecule has 0 saturated carbocycles. The van der Waals surface area contributed by atoms with Crippen molar-refractivity contribution in [3.8, 4) is 0 Å². The molecule has 0 aliphatic rings. The van der Waals surface area contributed by atoms with Crippen LogP contribution in [0.2, 0.25) is 0 Å². The number of fused-ring (bicyclic) bond motifs is 1. The van der Waals surface area contributed by atoms with Crippen LogP contribution in [0.5, 0.6) is 0 Å². The molecular formula is C17H19N3O. The second-order valence-electron chi connectivity index (χ2n) is 5.27. The van der Waals surface area contributed by atoms with Gasteiger partial charge in [0.25, 0.3) is 0 Å². The van der Waals surface area contributed by atoms with Crippen molar-refractivity contribution in [3.05, 3.63) is 65.7 Å². The van der Waals surface area contributed by atoms with Crippen molar-refractivity contribution in [1.29, 1.82) is 0 Å². The lowest BCUT2D eigenvalue weighted by Crippen LogP contribution is -2.28. The summed E-state index contributed by atoms with van der Waals surface area (Å²) in [5, 5.41) is 1.11. The number of nitrogens with zero attached hydrogens (tertiary/aromatic N) is 1. The van der Waals surface area contributed by atoms with Gasteiger partial charge in [0.2, 0.25) is 0 Å². The summed E-state index contributed by atoms with van der Waals surface area (Å²) in [4.78, 5) is 4.33. The van der Waals surface area contributed by atoms with Crippen LogP contribution in [0.1, 0.15) is 29.5 Å². The number of nitrogens with one attached hydrogen (secondary N) is 1. The summed E-state index contributed by atoms with van der Waals surface area (Å²) < 4.78 is 5.90. The normalized spacial score (nSPS) is 12.7. The highest BCUT2D eigenvalue weighted by atomic mass is 16.3. The molecule has 21 heavy (non-hydrogen) atoms. The lowest BCUT2D eigenvalue weighted by molar-refractivity contribution is 0.416. The van der Waals surface area contributed by atoms with E-state index in [0.717, 1.165) is 35.3 Å². The number of aromatic nitrogens is 1. The molecular weight excluding hydrogens is 262 g/mol. The smallest absolute Gasteiger partial charge is 0.134 e. The Hall–Kier alpha value is -2.17. The molecule has 108 valence electrons. The van der Waals surface area contributed by atoms with Gasteiger partial charge in [0.15, 0.2) is 0 Å². The van der Waals surface area contributed by atoms with E-state index in [0.29, 0.717) is 0 Å². The summed E-state index contributed by atoms with van der Waals surface area (Å²) in [6, 6.07) is 14.2. The molecule has 1 atom stereocenters. The quantitative estimate of drug-likeness (QED) is 0.556. The van der Waals surface area contributed by atoms with Crippen molar-refractivity contribution < 1.29 is 4.42 Å². The molecule has 1 aromatic carbocycles. The molecule has 2 heterocycles. The highest BCUT2D eigenvalue weighted by molar-refractivity contribution is 5.78. The first kappa shape index (κ1) is 13.8. The topological polar surface area (TPSA) is 64.1 Å². The van der Waals surface area contributed by atoms with Gasteiger partial charge in [-0.25, -0.2) is 5.43 Å². The Labute approximate surface area is 124 Å². The molecule has 2 aromatic heterocycles. The van der Waals surface area contributed by atoms with Gasteiger partial charge in [-0.1, -0.05) is 17.7 Å².